The van der Waals surface area contributed by atoms with Crippen LogP contribution in [0.25, 0.3) is 0 Å². The van der Waals surface area contributed by atoms with E-state index in [1.807, 2.05) is 62.3 Å². The van der Waals surface area contributed by atoms with E-state index in [9.17, 15) is 0 Å². The van der Waals surface area contributed by atoms with Gasteiger partial charge < -0.3 is 26.8 Å². The molecule has 0 atom stereocenters. The van der Waals surface area contributed by atoms with Gasteiger partial charge in [0.05, 0.1) is 0 Å². The minimum atomic E-state index is 0. The van der Waals surface area contributed by atoms with Crippen LogP contribution in [0.4, 0.5) is 11.4 Å². The first kappa shape index (κ1) is 35.4. The molecule has 2 aromatic rings. The summed E-state index contributed by atoms with van der Waals surface area (Å²) in [6, 6.07) is 7.89. The van der Waals surface area contributed by atoms with Gasteiger partial charge in [0.1, 0.15) is 0 Å². The maximum atomic E-state index is 7.50. The number of aromatic nitrogens is 2. The monoisotopic (exact) mass is 594 g/mol. The van der Waals surface area contributed by atoms with Gasteiger partial charge >= 0.3 is 33.9 Å². The number of halogens is 1. The van der Waals surface area contributed by atoms with Crippen molar-refractivity contribution in [2.45, 2.75) is 0 Å². The molecular formula is C17H20BrN4O3Re-. The summed E-state index contributed by atoms with van der Waals surface area (Å²) in [5, 5.41) is 0. The summed E-state index contributed by atoms with van der Waals surface area (Å²) < 4.78 is 22.5. The van der Waals surface area contributed by atoms with E-state index in [0.29, 0.717) is 0 Å². The molecule has 0 aliphatic heterocycles. The van der Waals surface area contributed by atoms with Crippen molar-refractivity contribution in [1.82, 2.24) is 9.97 Å². The molecule has 2 heterocycles. The fourth-order valence-corrected chi connectivity index (χ4v) is 1.28. The molecule has 0 aliphatic carbocycles. The molecule has 0 fully saturated rings. The van der Waals surface area contributed by atoms with Crippen molar-refractivity contribution in [2.24, 2.45) is 0 Å². The number of hydrogen-bond acceptors (Lipinski definition) is 4. The van der Waals surface area contributed by atoms with E-state index in [2.05, 4.69) is 29.9 Å². The van der Waals surface area contributed by atoms with Crippen LogP contribution in [0.1, 0.15) is 0 Å². The minimum absolute atomic E-state index is 0. The van der Waals surface area contributed by atoms with Crippen LogP contribution in [0, 0.1) is 20.0 Å². The molecule has 0 spiro atoms. The number of anilines is 2. The molecule has 0 bridgehead atoms. The average Bonchev–Trinajstić information content (AvgIpc) is 2.68. The van der Waals surface area contributed by atoms with Crippen LogP contribution in [0.15, 0.2) is 49.1 Å². The summed E-state index contributed by atoms with van der Waals surface area (Å²) in [4.78, 5) is 11.9. The van der Waals surface area contributed by atoms with Crippen LogP contribution in [-0.4, -0.2) is 38.2 Å². The molecule has 2 aromatic heterocycles. The van der Waals surface area contributed by atoms with E-state index in [1.54, 1.807) is 24.8 Å². The van der Waals surface area contributed by atoms with Gasteiger partial charge in [0.25, 0.3) is 0 Å². The summed E-state index contributed by atoms with van der Waals surface area (Å²) >= 11 is 0. The molecule has 2 rings (SSSR count). The average molecular weight is 594 g/mol. The van der Waals surface area contributed by atoms with Gasteiger partial charge in [0, 0.05) is 84.8 Å². The van der Waals surface area contributed by atoms with Crippen molar-refractivity contribution in [3.8, 4) is 0 Å². The second kappa shape index (κ2) is 28.1. The minimum Gasteiger partial charge on any atom is 0 e. The molecule has 0 saturated heterocycles. The number of rotatable bonds is 2. The summed E-state index contributed by atoms with van der Waals surface area (Å²) in [6.07, 6.45) is 7.15. The first-order valence-electron chi connectivity index (χ1n) is 6.37. The quantitative estimate of drug-likeness (QED) is 0.336. The standard InChI is InChI=1S/2C7H10N2.3CO.BrH.Re/c2*1-9(2)7-3-5-8-6-4-7;3*1-2;;/h2*3-6H,1-2H3;;;;1H;/p-1. The van der Waals surface area contributed by atoms with Crippen molar-refractivity contribution < 1.29 is 51.4 Å². The van der Waals surface area contributed by atoms with Crippen LogP contribution in [0.3, 0.4) is 0 Å². The fourth-order valence-electron chi connectivity index (χ4n) is 1.28. The van der Waals surface area contributed by atoms with Crippen molar-refractivity contribution in [1.29, 1.82) is 0 Å². The van der Waals surface area contributed by atoms with E-state index >= 15 is 0 Å². The Hall–Kier alpha value is -1.74. The second-order valence-corrected chi connectivity index (χ2v) is 4.20. The summed E-state index contributed by atoms with van der Waals surface area (Å²) in [5.74, 6) is 0. The molecular weight excluding hydrogens is 574 g/mol. The zero-order chi connectivity index (χ0) is 19.4. The Labute approximate surface area is 179 Å². The molecule has 0 N–H and O–H groups in total. The zero-order valence-corrected chi connectivity index (χ0v) is 19.2. The Bertz CT molecular complexity index is 507. The molecule has 0 aliphatic rings. The van der Waals surface area contributed by atoms with Gasteiger partial charge in [-0.25, -0.2) is 0 Å². The third-order valence-electron chi connectivity index (χ3n) is 2.36. The van der Waals surface area contributed by atoms with Gasteiger partial charge in [-0.05, 0) is 24.3 Å². The largest absolute Gasteiger partial charge is 0 e. The number of hydrogen-bond donors (Lipinski definition) is 0. The maximum absolute atomic E-state index is 7.50. The van der Waals surface area contributed by atoms with Crippen LogP contribution < -0.4 is 26.8 Å². The van der Waals surface area contributed by atoms with E-state index in [-0.39, 0.29) is 37.4 Å². The fraction of sp³-hybridized carbons (Fsp3) is 0.235. The number of nitrogens with zero attached hydrogens (tertiary/aromatic N) is 4. The van der Waals surface area contributed by atoms with E-state index in [1.165, 1.54) is 11.4 Å². The first-order chi connectivity index (χ1) is 11.6. The van der Waals surface area contributed by atoms with E-state index < -0.39 is 0 Å². The molecule has 0 unspecified atom stereocenters. The van der Waals surface area contributed by atoms with Crippen molar-refractivity contribution in [3.05, 3.63) is 69.0 Å². The Balaban J connectivity index is -0.0000000829. The van der Waals surface area contributed by atoms with Crippen molar-refractivity contribution >= 4 is 11.4 Å². The Morgan fingerprint density at radius 3 is 0.923 bits per heavy atom. The van der Waals surface area contributed by atoms with Gasteiger partial charge in [-0.2, -0.15) is 0 Å². The Morgan fingerprint density at radius 1 is 0.615 bits per heavy atom. The van der Waals surface area contributed by atoms with Crippen molar-refractivity contribution in [2.75, 3.05) is 38.0 Å². The SMILES string of the molecule is CN(C)c1ccncc1.CN(C)c1ccncc1.[Br-].[C-]#[O+].[C-]#[O+].[C-]#[O+].[Re]. The predicted molar refractivity (Wildman–Crippen MR) is 88.9 cm³/mol. The smallest absolute Gasteiger partial charge is 0 e. The van der Waals surface area contributed by atoms with Crippen molar-refractivity contribution in [3.63, 3.8) is 0 Å². The molecule has 26 heavy (non-hydrogen) atoms. The Kier molecular flexibility index (Phi) is 38.2. The summed E-state index contributed by atoms with van der Waals surface area (Å²) in [5.41, 5.74) is 2.37. The van der Waals surface area contributed by atoms with Gasteiger partial charge in [0.15, 0.2) is 0 Å². The van der Waals surface area contributed by atoms with Gasteiger partial charge in [-0.1, -0.05) is 0 Å². The maximum Gasteiger partial charge on any atom is 0 e. The summed E-state index contributed by atoms with van der Waals surface area (Å²) in [7, 11) is 8.04. The van der Waals surface area contributed by atoms with Crippen LogP contribution in [-0.2, 0) is 34.4 Å². The molecule has 141 valence electrons. The van der Waals surface area contributed by atoms with Gasteiger partial charge in [0.2, 0.25) is 0 Å². The van der Waals surface area contributed by atoms with E-state index in [0.717, 1.165) is 0 Å². The molecule has 9 heteroatoms. The number of pyridine rings is 2. The van der Waals surface area contributed by atoms with E-state index in [4.69, 9.17) is 14.0 Å². The molecule has 0 aromatic carbocycles. The van der Waals surface area contributed by atoms with Gasteiger partial charge in [-0.3, -0.25) is 9.97 Å². The van der Waals surface area contributed by atoms with Crippen LogP contribution in [0.5, 0.6) is 0 Å². The summed E-state index contributed by atoms with van der Waals surface area (Å²) in [6.45, 7) is 13.5. The topological polar surface area (TPSA) is 92.0 Å². The van der Waals surface area contributed by atoms with Gasteiger partial charge in [-0.15, -0.1) is 0 Å². The van der Waals surface area contributed by atoms with Crippen LogP contribution >= 0.6 is 0 Å². The second-order valence-electron chi connectivity index (χ2n) is 4.20. The molecule has 0 saturated carbocycles. The zero-order valence-electron chi connectivity index (χ0n) is 14.9. The Morgan fingerprint density at radius 2 is 0.808 bits per heavy atom. The first-order valence-corrected chi connectivity index (χ1v) is 6.37. The molecule has 0 amide bonds. The predicted octanol–water partition coefficient (Wildman–Crippen LogP) is -0.816. The molecule has 1 radical (unpaired) electrons. The third kappa shape index (κ3) is 20.3. The normalized spacial score (nSPS) is 6.54. The third-order valence-corrected chi connectivity index (χ3v) is 2.36. The van der Waals surface area contributed by atoms with Crippen LogP contribution in [0.2, 0.25) is 0 Å². The molecule has 7 nitrogen and oxygen atoms in total.